The molecule has 0 aromatic heterocycles. The van der Waals surface area contributed by atoms with Gasteiger partial charge in [-0.1, -0.05) is 13.8 Å². The number of halogens is 3. The van der Waals surface area contributed by atoms with Gasteiger partial charge in [-0.05, 0) is 44.3 Å². The second kappa shape index (κ2) is 6.24. The van der Waals surface area contributed by atoms with Gasteiger partial charge < -0.3 is 10.2 Å². The zero-order valence-electron chi connectivity index (χ0n) is 11.6. The molecule has 1 atom stereocenters. The minimum absolute atomic E-state index is 0.0633. The summed E-state index contributed by atoms with van der Waals surface area (Å²) < 4.78 is 36.5. The average Bonchev–Trinajstić information content (AvgIpc) is 2.26. The average molecular weight is 266 g/mol. The number of nitrogens with zero attached hydrogens (tertiary/aromatic N) is 1. The summed E-state index contributed by atoms with van der Waals surface area (Å²) in [5.74, 6) is 0.555. The van der Waals surface area contributed by atoms with Gasteiger partial charge in [-0.2, -0.15) is 13.2 Å². The summed E-state index contributed by atoms with van der Waals surface area (Å²) >= 11 is 0. The van der Waals surface area contributed by atoms with Crippen LogP contribution in [0.4, 0.5) is 13.2 Å². The number of nitrogens with one attached hydrogen (secondary N) is 1. The summed E-state index contributed by atoms with van der Waals surface area (Å²) in [6.07, 6.45) is -2.43. The van der Waals surface area contributed by atoms with Gasteiger partial charge in [0.2, 0.25) is 0 Å². The molecule has 5 heteroatoms. The zero-order chi connectivity index (χ0) is 13.8. The highest BCUT2D eigenvalue weighted by molar-refractivity contribution is 4.85. The van der Waals surface area contributed by atoms with Crippen molar-refractivity contribution >= 4 is 0 Å². The molecule has 0 aliphatic carbocycles. The largest absolute Gasteiger partial charge is 0.390 e. The van der Waals surface area contributed by atoms with Crippen molar-refractivity contribution in [3.8, 4) is 0 Å². The topological polar surface area (TPSA) is 15.3 Å². The Kier molecular flexibility index (Phi) is 5.46. The van der Waals surface area contributed by atoms with Crippen molar-refractivity contribution in [2.24, 2.45) is 11.3 Å². The van der Waals surface area contributed by atoms with Crippen LogP contribution >= 0.6 is 0 Å². The van der Waals surface area contributed by atoms with Crippen molar-refractivity contribution in [1.82, 2.24) is 10.2 Å². The van der Waals surface area contributed by atoms with Crippen LogP contribution in [-0.2, 0) is 0 Å². The van der Waals surface area contributed by atoms with Gasteiger partial charge >= 0.3 is 6.18 Å². The van der Waals surface area contributed by atoms with Crippen LogP contribution < -0.4 is 5.32 Å². The number of alkyl halides is 3. The molecule has 0 aromatic carbocycles. The second-order valence-corrected chi connectivity index (χ2v) is 6.13. The van der Waals surface area contributed by atoms with Crippen molar-refractivity contribution in [2.45, 2.75) is 39.3 Å². The Balaban J connectivity index is 2.38. The van der Waals surface area contributed by atoms with Crippen LogP contribution in [0.25, 0.3) is 0 Å². The number of hydrogen-bond donors (Lipinski definition) is 1. The van der Waals surface area contributed by atoms with E-state index in [0.717, 1.165) is 19.6 Å². The molecule has 1 N–H and O–H groups in total. The van der Waals surface area contributed by atoms with Gasteiger partial charge in [0.1, 0.15) is 0 Å². The van der Waals surface area contributed by atoms with Crippen molar-refractivity contribution in [1.29, 1.82) is 0 Å². The molecule has 0 aromatic rings. The van der Waals surface area contributed by atoms with E-state index in [9.17, 15) is 13.2 Å². The molecule has 108 valence electrons. The normalized spacial score (nSPS) is 22.5. The molecule has 1 heterocycles. The third kappa shape index (κ3) is 5.57. The number of hydrogen-bond acceptors (Lipinski definition) is 2. The molecule has 1 saturated heterocycles. The first-order chi connectivity index (χ1) is 8.21. The van der Waals surface area contributed by atoms with Gasteiger partial charge in [0.15, 0.2) is 0 Å². The highest BCUT2D eigenvalue weighted by atomic mass is 19.4. The molecule has 1 fully saturated rings. The summed E-state index contributed by atoms with van der Waals surface area (Å²) in [4.78, 5) is 1.81. The maximum Gasteiger partial charge on any atom is 0.390 e. The lowest BCUT2D eigenvalue weighted by molar-refractivity contribution is -0.138. The Morgan fingerprint density at radius 1 is 1.28 bits per heavy atom. The van der Waals surface area contributed by atoms with Crippen LogP contribution in [0.3, 0.4) is 0 Å². The molecule has 0 bridgehead atoms. The first-order valence-corrected chi connectivity index (χ1v) is 6.67. The molecule has 0 saturated carbocycles. The van der Waals surface area contributed by atoms with Crippen molar-refractivity contribution < 1.29 is 13.2 Å². The monoisotopic (exact) mass is 266 g/mol. The Bertz CT molecular complexity index is 245. The molecule has 0 spiro atoms. The van der Waals surface area contributed by atoms with Crippen molar-refractivity contribution in [3.63, 3.8) is 0 Å². The SMILES string of the molecule is CN(CCC(F)(F)F)CC(C)(C)C1CCCNC1. The van der Waals surface area contributed by atoms with E-state index in [1.165, 1.54) is 12.8 Å². The highest BCUT2D eigenvalue weighted by Crippen LogP contribution is 2.32. The maximum atomic E-state index is 12.2. The van der Waals surface area contributed by atoms with Gasteiger partial charge in [-0.3, -0.25) is 0 Å². The molecule has 2 nitrogen and oxygen atoms in total. The molecule has 0 radical (unpaired) electrons. The van der Waals surface area contributed by atoms with Gasteiger partial charge in [-0.15, -0.1) is 0 Å². The van der Waals surface area contributed by atoms with E-state index in [1.807, 2.05) is 4.90 Å². The molecular formula is C13H25F3N2. The lowest BCUT2D eigenvalue weighted by atomic mass is 9.74. The first kappa shape index (κ1) is 15.8. The maximum absolute atomic E-state index is 12.2. The zero-order valence-corrected chi connectivity index (χ0v) is 11.6. The summed E-state index contributed by atoms with van der Waals surface area (Å²) in [7, 11) is 1.78. The molecular weight excluding hydrogens is 241 g/mol. The third-order valence-corrected chi connectivity index (χ3v) is 3.86. The molecule has 1 unspecified atom stereocenters. The summed E-state index contributed by atoms with van der Waals surface area (Å²) in [5.41, 5.74) is 0.0633. The predicted octanol–water partition coefficient (Wildman–Crippen LogP) is 2.90. The van der Waals surface area contributed by atoms with Gasteiger partial charge in [0.05, 0.1) is 6.42 Å². The number of rotatable bonds is 5. The quantitative estimate of drug-likeness (QED) is 0.823. The molecule has 18 heavy (non-hydrogen) atoms. The fourth-order valence-corrected chi connectivity index (χ4v) is 2.74. The van der Waals surface area contributed by atoms with Crippen LogP contribution in [0.2, 0.25) is 0 Å². The first-order valence-electron chi connectivity index (χ1n) is 6.67. The lowest BCUT2D eigenvalue weighted by Gasteiger charge is -2.40. The van der Waals surface area contributed by atoms with E-state index in [4.69, 9.17) is 0 Å². The standard InChI is InChI=1S/C13H25F3N2/c1-12(2,11-5-4-7-17-9-11)10-18(3)8-6-13(14,15)16/h11,17H,4-10H2,1-3H3. The van der Waals surface area contributed by atoms with Crippen LogP contribution in [0.1, 0.15) is 33.1 Å². The minimum Gasteiger partial charge on any atom is -0.316 e. The Labute approximate surface area is 108 Å². The Morgan fingerprint density at radius 3 is 2.44 bits per heavy atom. The molecule has 1 aliphatic heterocycles. The predicted molar refractivity (Wildman–Crippen MR) is 67.5 cm³/mol. The van der Waals surface area contributed by atoms with E-state index < -0.39 is 12.6 Å². The summed E-state index contributed by atoms with van der Waals surface area (Å²) in [6.45, 7) is 7.18. The van der Waals surface area contributed by atoms with Gasteiger partial charge in [0.25, 0.3) is 0 Å². The Hall–Kier alpha value is -0.290. The van der Waals surface area contributed by atoms with Crippen LogP contribution in [0, 0.1) is 11.3 Å². The smallest absolute Gasteiger partial charge is 0.316 e. The van der Waals surface area contributed by atoms with E-state index >= 15 is 0 Å². The minimum atomic E-state index is -4.05. The van der Waals surface area contributed by atoms with Gasteiger partial charge in [0, 0.05) is 13.1 Å². The fourth-order valence-electron chi connectivity index (χ4n) is 2.74. The van der Waals surface area contributed by atoms with Crippen LogP contribution in [0.5, 0.6) is 0 Å². The van der Waals surface area contributed by atoms with E-state index in [1.54, 1.807) is 7.05 Å². The number of piperidine rings is 1. The van der Waals surface area contributed by atoms with Crippen molar-refractivity contribution in [3.05, 3.63) is 0 Å². The van der Waals surface area contributed by atoms with E-state index in [-0.39, 0.29) is 12.0 Å². The van der Waals surface area contributed by atoms with Crippen molar-refractivity contribution in [2.75, 3.05) is 33.2 Å². The third-order valence-electron chi connectivity index (χ3n) is 3.86. The van der Waals surface area contributed by atoms with Crippen LogP contribution in [0.15, 0.2) is 0 Å². The Morgan fingerprint density at radius 2 is 1.94 bits per heavy atom. The molecule has 0 amide bonds. The molecule has 1 rings (SSSR count). The van der Waals surface area contributed by atoms with Gasteiger partial charge in [-0.25, -0.2) is 0 Å². The molecule has 1 aliphatic rings. The van der Waals surface area contributed by atoms with E-state index in [0.29, 0.717) is 5.92 Å². The summed E-state index contributed by atoms with van der Waals surface area (Å²) in [5, 5.41) is 3.37. The fraction of sp³-hybridized carbons (Fsp3) is 1.00. The van der Waals surface area contributed by atoms with Crippen LogP contribution in [-0.4, -0.2) is 44.3 Å². The van der Waals surface area contributed by atoms with E-state index in [2.05, 4.69) is 19.2 Å². The lowest BCUT2D eigenvalue weighted by Crippen LogP contribution is -2.44. The summed E-state index contributed by atoms with van der Waals surface area (Å²) in [6, 6.07) is 0. The second-order valence-electron chi connectivity index (χ2n) is 6.13. The highest BCUT2D eigenvalue weighted by Gasteiger charge is 2.33.